The molecule has 0 atom stereocenters. The summed E-state index contributed by atoms with van der Waals surface area (Å²) < 4.78 is 0. The molecule has 0 spiro atoms. The number of hydrogen-bond donors (Lipinski definition) is 2. The van der Waals surface area contributed by atoms with E-state index in [4.69, 9.17) is 11.5 Å². The summed E-state index contributed by atoms with van der Waals surface area (Å²) in [6, 6.07) is 10.2. The van der Waals surface area contributed by atoms with E-state index in [-0.39, 0.29) is 23.3 Å². The van der Waals surface area contributed by atoms with Gasteiger partial charge in [-0.25, -0.2) is 4.98 Å². The predicted octanol–water partition coefficient (Wildman–Crippen LogP) is 4.71. The minimum absolute atomic E-state index is 0.0886. The molecule has 1 aliphatic carbocycles. The van der Waals surface area contributed by atoms with Crippen LogP contribution in [0, 0.1) is 18.3 Å². The van der Waals surface area contributed by atoms with Crippen LogP contribution in [0.2, 0.25) is 0 Å². The van der Waals surface area contributed by atoms with E-state index in [0.717, 1.165) is 36.8 Å². The van der Waals surface area contributed by atoms with Crippen molar-refractivity contribution in [3.8, 4) is 17.2 Å². The molecule has 3 aromatic rings. The normalized spacial score (nSPS) is 14.6. The van der Waals surface area contributed by atoms with Gasteiger partial charge in [-0.1, -0.05) is 49.1 Å². The number of rotatable bonds is 3. The van der Waals surface area contributed by atoms with Crippen LogP contribution in [-0.2, 0) is 0 Å². The summed E-state index contributed by atoms with van der Waals surface area (Å²) in [7, 11) is 1.85. The molecule has 2 aromatic heterocycles. The maximum atomic E-state index is 13.3. The van der Waals surface area contributed by atoms with Crippen molar-refractivity contribution >= 4 is 39.0 Å². The van der Waals surface area contributed by atoms with Crippen LogP contribution in [0.1, 0.15) is 52.9 Å². The number of nitrogens with zero attached hydrogens (tertiary/aromatic N) is 3. The summed E-state index contributed by atoms with van der Waals surface area (Å²) in [6.45, 7) is 2.00. The molecule has 2 heterocycles. The highest BCUT2D eigenvalue weighted by atomic mass is 32.1. The number of nitrogen functional groups attached to an aromatic ring is 2. The molecule has 0 aliphatic heterocycles. The van der Waals surface area contributed by atoms with Crippen molar-refractivity contribution in [2.45, 2.75) is 45.1 Å². The highest BCUT2D eigenvalue weighted by molar-refractivity contribution is 7.21. The van der Waals surface area contributed by atoms with Crippen molar-refractivity contribution in [1.29, 1.82) is 5.26 Å². The minimum atomic E-state index is -0.0886. The quantitative estimate of drug-likeness (QED) is 0.639. The molecule has 0 saturated heterocycles. The number of aryl methyl sites for hydroxylation is 1. The Morgan fingerprint density at radius 3 is 2.50 bits per heavy atom. The second-order valence-electron chi connectivity index (χ2n) is 7.96. The van der Waals surface area contributed by atoms with Gasteiger partial charge in [0, 0.05) is 24.0 Å². The Labute approximate surface area is 180 Å². The lowest BCUT2D eigenvalue weighted by atomic mass is 9.94. The Kier molecular flexibility index (Phi) is 5.35. The average molecular weight is 420 g/mol. The first-order valence-corrected chi connectivity index (χ1v) is 11.0. The molecule has 0 unspecified atom stereocenters. The van der Waals surface area contributed by atoms with E-state index in [9.17, 15) is 10.1 Å². The third-order valence-corrected chi connectivity index (χ3v) is 7.08. The fraction of sp³-hybridized carbons (Fsp3) is 0.348. The first-order valence-electron chi connectivity index (χ1n) is 10.2. The largest absolute Gasteiger partial charge is 0.397 e. The van der Waals surface area contributed by atoms with E-state index in [1.54, 1.807) is 0 Å². The first kappa shape index (κ1) is 20.2. The third-order valence-electron chi connectivity index (χ3n) is 5.99. The van der Waals surface area contributed by atoms with Gasteiger partial charge < -0.3 is 16.4 Å². The van der Waals surface area contributed by atoms with Crippen molar-refractivity contribution in [3.63, 3.8) is 0 Å². The summed E-state index contributed by atoms with van der Waals surface area (Å²) >= 11 is 1.25. The molecule has 1 fully saturated rings. The van der Waals surface area contributed by atoms with E-state index < -0.39 is 0 Å². The zero-order valence-electron chi connectivity index (χ0n) is 17.2. The second kappa shape index (κ2) is 7.96. The second-order valence-corrected chi connectivity index (χ2v) is 8.96. The number of benzene rings is 1. The predicted molar refractivity (Wildman–Crippen MR) is 122 cm³/mol. The van der Waals surface area contributed by atoms with E-state index in [2.05, 4.69) is 11.1 Å². The Hall–Kier alpha value is -3.11. The smallest absolute Gasteiger partial charge is 0.266 e. The van der Waals surface area contributed by atoms with Gasteiger partial charge in [-0.15, -0.1) is 11.3 Å². The fourth-order valence-corrected chi connectivity index (χ4v) is 5.34. The van der Waals surface area contributed by atoms with Crippen LogP contribution < -0.4 is 11.5 Å². The van der Waals surface area contributed by atoms with E-state index in [0.29, 0.717) is 26.3 Å². The number of hydrogen-bond acceptors (Lipinski definition) is 6. The van der Waals surface area contributed by atoms with Gasteiger partial charge in [0.1, 0.15) is 27.2 Å². The van der Waals surface area contributed by atoms with Crippen molar-refractivity contribution < 1.29 is 4.79 Å². The number of pyridine rings is 1. The summed E-state index contributed by atoms with van der Waals surface area (Å²) in [5.41, 5.74) is 15.9. The van der Waals surface area contributed by atoms with Crippen molar-refractivity contribution in [3.05, 3.63) is 40.3 Å². The molecule has 154 valence electrons. The maximum Gasteiger partial charge on any atom is 0.266 e. The lowest BCUT2D eigenvalue weighted by Gasteiger charge is -2.31. The lowest BCUT2D eigenvalue weighted by Crippen LogP contribution is -2.38. The Balaban J connectivity index is 1.88. The van der Waals surface area contributed by atoms with Gasteiger partial charge in [0.25, 0.3) is 5.91 Å². The van der Waals surface area contributed by atoms with Gasteiger partial charge in [0.05, 0.1) is 5.69 Å². The van der Waals surface area contributed by atoms with E-state index in [1.165, 1.54) is 17.8 Å². The molecule has 1 saturated carbocycles. The fourth-order valence-electron chi connectivity index (χ4n) is 4.25. The molecule has 0 bridgehead atoms. The van der Waals surface area contributed by atoms with Gasteiger partial charge in [0.2, 0.25) is 0 Å². The molecule has 1 amide bonds. The zero-order chi connectivity index (χ0) is 21.4. The third kappa shape index (κ3) is 3.37. The Bertz CT molecular complexity index is 1150. The highest BCUT2D eigenvalue weighted by Crippen LogP contribution is 2.43. The number of nitrogens with two attached hydrogens (primary N) is 2. The number of nitriles is 1. The van der Waals surface area contributed by atoms with Crippen LogP contribution in [0.4, 0.5) is 11.5 Å². The van der Waals surface area contributed by atoms with E-state index in [1.807, 2.05) is 43.1 Å². The van der Waals surface area contributed by atoms with Gasteiger partial charge in [-0.05, 0) is 25.3 Å². The van der Waals surface area contributed by atoms with Crippen LogP contribution in [0.5, 0.6) is 0 Å². The number of fused-ring (bicyclic) bond motifs is 1. The molecular weight excluding hydrogens is 394 g/mol. The van der Waals surface area contributed by atoms with Crippen LogP contribution >= 0.6 is 11.3 Å². The topological polar surface area (TPSA) is 109 Å². The lowest BCUT2D eigenvalue weighted by molar-refractivity contribution is 0.0702. The monoisotopic (exact) mass is 419 g/mol. The van der Waals surface area contributed by atoms with Crippen molar-refractivity contribution in [2.75, 3.05) is 18.5 Å². The minimum Gasteiger partial charge on any atom is -0.397 e. The van der Waals surface area contributed by atoms with Gasteiger partial charge in [-0.3, -0.25) is 4.79 Å². The first-order chi connectivity index (χ1) is 14.4. The number of aromatic nitrogens is 1. The number of carbonyl (C=O) groups is 1. The molecule has 4 rings (SSSR count). The summed E-state index contributed by atoms with van der Waals surface area (Å²) in [5.74, 6) is 0.0656. The van der Waals surface area contributed by atoms with Gasteiger partial charge in [0.15, 0.2) is 0 Å². The Morgan fingerprint density at radius 1 is 1.20 bits per heavy atom. The molecule has 0 radical (unpaired) electrons. The number of amides is 1. The Morgan fingerprint density at radius 2 is 1.87 bits per heavy atom. The van der Waals surface area contributed by atoms with Gasteiger partial charge >= 0.3 is 0 Å². The van der Waals surface area contributed by atoms with Crippen LogP contribution in [0.25, 0.3) is 21.3 Å². The maximum absolute atomic E-state index is 13.3. The zero-order valence-corrected chi connectivity index (χ0v) is 18.1. The van der Waals surface area contributed by atoms with E-state index >= 15 is 0 Å². The van der Waals surface area contributed by atoms with Crippen LogP contribution in [0.15, 0.2) is 24.3 Å². The summed E-state index contributed by atoms with van der Waals surface area (Å²) in [4.78, 5) is 20.6. The number of carbonyl (C=O) groups excluding carboxylic acids is 1. The summed E-state index contributed by atoms with van der Waals surface area (Å²) in [6.07, 6.45) is 5.55. The molecular formula is C23H25N5OS. The number of anilines is 2. The van der Waals surface area contributed by atoms with Gasteiger partial charge in [-0.2, -0.15) is 5.26 Å². The van der Waals surface area contributed by atoms with Crippen molar-refractivity contribution in [1.82, 2.24) is 9.88 Å². The standard InChI is InChI=1S/C23H25N5OS/c1-13-8-10-14(11-9-13)17-16(12-24)21(26)27-22-18(17)19(25)20(30-22)23(29)28(2)15-6-4-3-5-7-15/h8-11,15H,3-7,25H2,1-2H3,(H2,26,27). The molecule has 4 N–H and O–H groups in total. The van der Waals surface area contributed by atoms with Crippen molar-refractivity contribution in [2.24, 2.45) is 0 Å². The molecule has 30 heavy (non-hydrogen) atoms. The molecule has 7 heteroatoms. The number of thiophene rings is 1. The van der Waals surface area contributed by atoms with Crippen LogP contribution in [-0.4, -0.2) is 28.9 Å². The highest BCUT2D eigenvalue weighted by Gasteiger charge is 2.29. The average Bonchev–Trinajstić information content (AvgIpc) is 3.08. The molecule has 1 aromatic carbocycles. The summed E-state index contributed by atoms with van der Waals surface area (Å²) in [5, 5.41) is 10.4. The molecule has 1 aliphatic rings. The molecule has 6 nitrogen and oxygen atoms in total. The SMILES string of the molecule is Cc1ccc(-c2c(C#N)c(N)nc3sc(C(=O)N(C)C4CCCCC4)c(N)c23)cc1. The van der Waals surface area contributed by atoms with Crippen LogP contribution in [0.3, 0.4) is 0 Å².